The molecule has 242 valence electrons. The highest BCUT2D eigenvalue weighted by atomic mass is 35.5. The number of benzene rings is 3. The second-order valence-corrected chi connectivity index (χ2v) is 12.5. The molecule has 1 unspecified atom stereocenters. The minimum atomic E-state index is -0.639. The number of amides is 1. The minimum Gasteiger partial charge on any atom is -0.490 e. The maximum Gasteiger partial charge on any atom is 0.245 e. The number of guanidine groups is 1. The van der Waals surface area contributed by atoms with E-state index in [1.807, 2.05) is 48.2 Å². The average Bonchev–Trinajstić information content (AvgIpc) is 3.84. The monoisotopic (exact) mass is 674 g/mol. The van der Waals surface area contributed by atoms with Crippen molar-refractivity contribution in [1.29, 1.82) is 5.41 Å². The molecule has 0 spiro atoms. The molecule has 0 radical (unpaired) electrons. The molecule has 0 aromatic heterocycles. The first-order valence-corrected chi connectivity index (χ1v) is 16.3. The molecule has 11 heteroatoms. The standard InChI is InChI=1S/C34H41Cl3N4O4/c1-22-18-29(36)32(30(37)19-22)45-17-16-44-27-11-5-23(6-12-27)8-14-31(40-34(38)39)33(42)41(26-9-10-26)21-25-20-24(4-3-15-43-2)7-13-28(25)35/h5-7,11-13,18-20,26,31H,3-4,8-10,14-17,21H2,1-2H3,(H4,38,39,40). The van der Waals surface area contributed by atoms with E-state index >= 15 is 0 Å². The molecule has 4 N–H and O–H groups in total. The first-order valence-electron chi connectivity index (χ1n) is 15.1. The van der Waals surface area contributed by atoms with Crippen molar-refractivity contribution in [3.8, 4) is 11.5 Å². The third-order valence-electron chi connectivity index (χ3n) is 7.55. The van der Waals surface area contributed by atoms with Crippen LogP contribution >= 0.6 is 34.8 Å². The van der Waals surface area contributed by atoms with Crippen molar-refractivity contribution in [3.63, 3.8) is 0 Å². The van der Waals surface area contributed by atoms with Gasteiger partial charge in [0.2, 0.25) is 5.91 Å². The summed E-state index contributed by atoms with van der Waals surface area (Å²) < 4.78 is 16.7. The Labute approximate surface area is 280 Å². The van der Waals surface area contributed by atoms with Crippen LogP contribution in [0.15, 0.2) is 54.6 Å². The van der Waals surface area contributed by atoms with E-state index in [4.69, 9.17) is 60.2 Å². The van der Waals surface area contributed by atoms with Crippen LogP contribution in [-0.2, 0) is 28.9 Å². The second-order valence-electron chi connectivity index (χ2n) is 11.3. The van der Waals surface area contributed by atoms with Crippen LogP contribution < -0.4 is 20.5 Å². The van der Waals surface area contributed by atoms with Crippen LogP contribution in [-0.4, -0.2) is 55.8 Å². The zero-order valence-corrected chi connectivity index (χ0v) is 28.0. The average molecular weight is 676 g/mol. The van der Waals surface area contributed by atoms with Crippen LogP contribution in [0.2, 0.25) is 15.1 Å². The number of hydrogen-bond donors (Lipinski definition) is 3. The van der Waals surface area contributed by atoms with E-state index in [9.17, 15) is 4.79 Å². The highest BCUT2D eigenvalue weighted by Crippen LogP contribution is 2.34. The largest absolute Gasteiger partial charge is 0.490 e. The fraction of sp³-hybridized carbons (Fsp3) is 0.412. The Bertz CT molecular complexity index is 1430. The maximum atomic E-state index is 13.9. The van der Waals surface area contributed by atoms with Crippen molar-refractivity contribution in [2.75, 3.05) is 26.9 Å². The van der Waals surface area contributed by atoms with Crippen LogP contribution in [0.4, 0.5) is 0 Å². The second kappa shape index (κ2) is 16.9. The topological polar surface area (TPSA) is 110 Å². The van der Waals surface area contributed by atoms with Crippen molar-refractivity contribution in [2.24, 2.45) is 5.73 Å². The van der Waals surface area contributed by atoms with Gasteiger partial charge in [-0.3, -0.25) is 10.2 Å². The predicted octanol–water partition coefficient (Wildman–Crippen LogP) is 6.97. The van der Waals surface area contributed by atoms with Crippen molar-refractivity contribution in [1.82, 2.24) is 10.2 Å². The molecule has 1 amide bonds. The van der Waals surface area contributed by atoms with Crippen molar-refractivity contribution < 1.29 is 19.0 Å². The Kier molecular flexibility index (Phi) is 13.1. The summed E-state index contributed by atoms with van der Waals surface area (Å²) in [5.74, 6) is 0.823. The van der Waals surface area contributed by atoms with Gasteiger partial charge in [-0.05, 0) is 98.0 Å². The number of methoxy groups -OCH3 is 1. The number of nitrogens with two attached hydrogens (primary N) is 1. The molecule has 1 saturated carbocycles. The molecule has 1 aliphatic rings. The first-order chi connectivity index (χ1) is 21.6. The molecule has 8 nitrogen and oxygen atoms in total. The third-order valence-corrected chi connectivity index (χ3v) is 8.48. The van der Waals surface area contributed by atoms with Gasteiger partial charge < -0.3 is 30.2 Å². The van der Waals surface area contributed by atoms with E-state index in [-0.39, 0.29) is 24.5 Å². The Morgan fingerprint density at radius 3 is 2.27 bits per heavy atom. The van der Waals surface area contributed by atoms with Gasteiger partial charge in [-0.1, -0.05) is 59.1 Å². The summed E-state index contributed by atoms with van der Waals surface area (Å²) in [5, 5.41) is 12.3. The van der Waals surface area contributed by atoms with E-state index in [2.05, 4.69) is 11.4 Å². The van der Waals surface area contributed by atoms with Gasteiger partial charge >= 0.3 is 0 Å². The maximum absolute atomic E-state index is 13.9. The van der Waals surface area contributed by atoms with Gasteiger partial charge in [0.05, 0.1) is 10.0 Å². The highest BCUT2D eigenvalue weighted by Gasteiger charge is 2.36. The number of halogens is 3. The molecule has 1 atom stereocenters. The summed E-state index contributed by atoms with van der Waals surface area (Å²) in [5.41, 5.74) is 9.78. The van der Waals surface area contributed by atoms with Crippen LogP contribution in [0.5, 0.6) is 11.5 Å². The normalized spacial score (nSPS) is 13.3. The van der Waals surface area contributed by atoms with Gasteiger partial charge in [-0.15, -0.1) is 0 Å². The lowest BCUT2D eigenvalue weighted by molar-refractivity contribution is -0.134. The molecular formula is C34H41Cl3N4O4. The molecule has 4 rings (SSSR count). The molecule has 0 bridgehead atoms. The lowest BCUT2D eigenvalue weighted by Crippen LogP contribution is -2.51. The molecule has 3 aromatic carbocycles. The van der Waals surface area contributed by atoms with E-state index in [1.165, 1.54) is 0 Å². The Hall–Kier alpha value is -3.17. The van der Waals surface area contributed by atoms with Crippen LogP contribution in [0.1, 0.15) is 47.9 Å². The molecule has 1 fully saturated rings. The zero-order valence-electron chi connectivity index (χ0n) is 25.7. The van der Waals surface area contributed by atoms with Gasteiger partial charge in [0.15, 0.2) is 11.7 Å². The van der Waals surface area contributed by atoms with Crippen LogP contribution in [0, 0.1) is 12.3 Å². The van der Waals surface area contributed by atoms with E-state index < -0.39 is 6.04 Å². The lowest BCUT2D eigenvalue weighted by atomic mass is 10.0. The van der Waals surface area contributed by atoms with Crippen LogP contribution in [0.25, 0.3) is 0 Å². The fourth-order valence-corrected chi connectivity index (χ4v) is 6.00. The number of rotatable bonds is 17. The Morgan fingerprint density at radius 2 is 1.62 bits per heavy atom. The summed E-state index contributed by atoms with van der Waals surface area (Å²) in [4.78, 5) is 15.7. The quantitative estimate of drug-likeness (QED) is 0.0811. The fourth-order valence-electron chi connectivity index (χ4n) is 5.12. The van der Waals surface area contributed by atoms with Gasteiger partial charge in [-0.2, -0.15) is 0 Å². The van der Waals surface area contributed by atoms with E-state index in [0.29, 0.717) is 59.2 Å². The molecule has 3 aromatic rings. The molecule has 1 aliphatic carbocycles. The van der Waals surface area contributed by atoms with Gasteiger partial charge in [0.1, 0.15) is 25.0 Å². The summed E-state index contributed by atoms with van der Waals surface area (Å²) in [6.45, 7) is 3.61. The summed E-state index contributed by atoms with van der Waals surface area (Å²) in [6, 6.07) is 16.8. The van der Waals surface area contributed by atoms with E-state index in [1.54, 1.807) is 19.2 Å². The number of hydrogen-bond acceptors (Lipinski definition) is 5. The smallest absolute Gasteiger partial charge is 0.245 e. The van der Waals surface area contributed by atoms with Crippen molar-refractivity contribution in [2.45, 2.75) is 64.1 Å². The van der Waals surface area contributed by atoms with Crippen molar-refractivity contribution in [3.05, 3.63) is 91.9 Å². The number of carbonyl (C=O) groups excluding carboxylic acids is 1. The summed E-state index contributed by atoms with van der Waals surface area (Å²) >= 11 is 19.1. The number of ether oxygens (including phenoxy) is 3. The highest BCUT2D eigenvalue weighted by molar-refractivity contribution is 6.37. The zero-order chi connectivity index (χ0) is 32.3. The summed E-state index contributed by atoms with van der Waals surface area (Å²) in [6.07, 6.45) is 4.76. The molecule has 0 aliphatic heterocycles. The molecule has 0 saturated heterocycles. The first kappa shape index (κ1) is 34.7. The van der Waals surface area contributed by atoms with Crippen molar-refractivity contribution >= 4 is 46.7 Å². The molecular weight excluding hydrogens is 635 g/mol. The SMILES string of the molecule is COCCCc1ccc(Cl)c(CN(C(=O)C(CCc2ccc(OCCOc3c(Cl)cc(C)cc3Cl)cc2)NC(=N)N)C2CC2)c1. The third kappa shape index (κ3) is 10.7. The van der Waals surface area contributed by atoms with Crippen LogP contribution in [0.3, 0.4) is 0 Å². The number of carbonyl (C=O) groups is 1. The number of aryl methyl sites for hydroxylation is 3. The summed E-state index contributed by atoms with van der Waals surface area (Å²) in [7, 11) is 1.70. The Balaban J connectivity index is 1.33. The lowest BCUT2D eigenvalue weighted by Gasteiger charge is -2.29. The number of nitrogens with one attached hydrogen (secondary N) is 2. The van der Waals surface area contributed by atoms with Gasteiger partial charge in [-0.25, -0.2) is 0 Å². The molecule has 45 heavy (non-hydrogen) atoms. The predicted molar refractivity (Wildman–Crippen MR) is 181 cm³/mol. The molecule has 0 heterocycles. The number of nitrogens with zero attached hydrogens (tertiary/aromatic N) is 1. The van der Waals surface area contributed by atoms with Gasteiger partial charge in [0, 0.05) is 31.3 Å². The van der Waals surface area contributed by atoms with Gasteiger partial charge in [0.25, 0.3) is 0 Å². The minimum absolute atomic E-state index is 0.0812. The Morgan fingerprint density at radius 1 is 0.956 bits per heavy atom. The van der Waals surface area contributed by atoms with E-state index in [0.717, 1.165) is 47.9 Å².